The molecule has 0 unspecified atom stereocenters. The lowest BCUT2D eigenvalue weighted by Crippen LogP contribution is -1.98. The fourth-order valence-electron chi connectivity index (χ4n) is 5.03. The number of carbonyl (C=O) groups excluding carboxylic acids is 1. The Hall–Kier alpha value is -5.37. The summed E-state index contributed by atoms with van der Waals surface area (Å²) < 4.78 is 0. The van der Waals surface area contributed by atoms with Gasteiger partial charge in [0.25, 0.3) is 11.4 Å². The van der Waals surface area contributed by atoms with E-state index in [-0.39, 0.29) is 54.3 Å². The van der Waals surface area contributed by atoms with Crippen molar-refractivity contribution in [2.45, 2.75) is 52.7 Å². The van der Waals surface area contributed by atoms with Crippen LogP contribution in [0.3, 0.4) is 0 Å². The van der Waals surface area contributed by atoms with Crippen molar-refractivity contribution in [3.63, 3.8) is 0 Å². The van der Waals surface area contributed by atoms with Gasteiger partial charge in [-0.2, -0.15) is 0 Å². The summed E-state index contributed by atoms with van der Waals surface area (Å²) in [5.74, 6) is 5.46. The van der Waals surface area contributed by atoms with Crippen molar-refractivity contribution in [2.24, 2.45) is 11.1 Å². The molecule has 2 aliphatic carbocycles. The summed E-state index contributed by atoms with van der Waals surface area (Å²) in [6, 6.07) is 19.4. The number of non-ortho nitro benzene ring substituents is 2. The smallest absolute Gasteiger partial charge is 0.269 e. The third-order valence-corrected chi connectivity index (χ3v) is 7.66. The molecule has 14 heteroatoms. The van der Waals surface area contributed by atoms with E-state index in [0.29, 0.717) is 12.0 Å². The molecule has 252 valence electrons. The highest BCUT2D eigenvalue weighted by Gasteiger charge is 2.21. The molecule has 0 radical (unpaired) electrons. The van der Waals surface area contributed by atoms with Gasteiger partial charge in [0.1, 0.15) is 18.1 Å². The molecule has 0 aromatic heterocycles. The lowest BCUT2D eigenvalue weighted by atomic mass is 10.1. The van der Waals surface area contributed by atoms with E-state index in [1.165, 1.54) is 24.3 Å². The van der Waals surface area contributed by atoms with Crippen molar-refractivity contribution >= 4 is 35.3 Å². The second-order valence-corrected chi connectivity index (χ2v) is 11.0. The third-order valence-electron chi connectivity index (χ3n) is 7.66. The number of aromatic hydroxyl groups is 2. The molecule has 0 saturated heterocycles. The first-order chi connectivity index (χ1) is 22.5. The zero-order chi connectivity index (χ0) is 34.1. The number of nitro benzene ring substituents is 2. The lowest BCUT2D eigenvalue weighted by Gasteiger charge is -2.05. The van der Waals surface area contributed by atoms with Gasteiger partial charge in [-0.25, -0.2) is 5.90 Å². The summed E-state index contributed by atoms with van der Waals surface area (Å²) in [6.07, 6.45) is 3.09. The van der Waals surface area contributed by atoms with E-state index in [0.717, 1.165) is 63.9 Å². The minimum Gasteiger partial charge on any atom is -0.508 e. The zero-order valence-electron chi connectivity index (χ0n) is 26.3. The number of nitrogens with two attached hydrogens (primary N) is 1. The molecule has 2 aliphatic rings. The standard InChI is InChI=1S/C17H16N2O4.C10H10O2.C7H8N2O3.ClH/c1-11-8-13-4-7-16(15(13)9-17(11)20)18-23-10-12-2-5-14(6-3-12)19(21)22;1-6-4-7-2-3-9(11)8(7)5-10(6)12;8-12-5-6-1-3-7(4-2-6)9(10)11;/h2-3,5-6,8-9,20H,4,7,10H2,1H3;4-5,12H,2-3H2,1H3;1-4H,5,8H2;1H/b18-16+;;;. The van der Waals surface area contributed by atoms with Crippen LogP contribution in [0, 0.1) is 34.1 Å². The monoisotopic (exact) mass is 678 g/mol. The Morgan fingerprint density at radius 2 is 1.19 bits per heavy atom. The number of carbonyl (C=O) groups is 1. The van der Waals surface area contributed by atoms with Crippen LogP contribution in [0.25, 0.3) is 0 Å². The second kappa shape index (κ2) is 17.0. The number of hydrogen-bond donors (Lipinski definition) is 3. The number of nitro groups is 2. The Kier molecular flexibility index (Phi) is 13.1. The zero-order valence-corrected chi connectivity index (χ0v) is 27.1. The summed E-state index contributed by atoms with van der Waals surface area (Å²) in [4.78, 5) is 40.9. The van der Waals surface area contributed by atoms with Gasteiger partial charge in [-0.3, -0.25) is 29.9 Å². The molecule has 4 aromatic carbocycles. The van der Waals surface area contributed by atoms with Gasteiger partial charge in [-0.05, 0) is 103 Å². The van der Waals surface area contributed by atoms with Crippen LogP contribution in [-0.2, 0) is 35.7 Å². The van der Waals surface area contributed by atoms with Crippen LogP contribution < -0.4 is 5.90 Å². The average molecular weight is 679 g/mol. The van der Waals surface area contributed by atoms with Gasteiger partial charge in [0.05, 0.1) is 22.2 Å². The third kappa shape index (κ3) is 9.58. The predicted molar refractivity (Wildman–Crippen MR) is 180 cm³/mol. The highest BCUT2D eigenvalue weighted by Crippen LogP contribution is 2.30. The number of oxime groups is 1. The van der Waals surface area contributed by atoms with E-state index >= 15 is 0 Å². The molecule has 0 amide bonds. The number of benzene rings is 4. The summed E-state index contributed by atoms with van der Waals surface area (Å²) in [5.41, 5.74) is 8.14. The van der Waals surface area contributed by atoms with Crippen molar-refractivity contribution in [3.8, 4) is 11.5 Å². The fourth-order valence-corrected chi connectivity index (χ4v) is 5.03. The predicted octanol–water partition coefficient (Wildman–Crippen LogP) is 6.71. The van der Waals surface area contributed by atoms with Gasteiger partial charge in [0.2, 0.25) is 0 Å². The molecule has 0 aliphatic heterocycles. The van der Waals surface area contributed by atoms with Crippen molar-refractivity contribution in [1.29, 1.82) is 0 Å². The molecule has 0 fully saturated rings. The number of nitrogens with zero attached hydrogens (tertiary/aromatic N) is 3. The number of rotatable bonds is 7. The Balaban J connectivity index is 0.000000212. The average Bonchev–Trinajstić information content (AvgIpc) is 3.60. The van der Waals surface area contributed by atoms with Crippen LogP contribution in [0.1, 0.15) is 62.1 Å². The number of fused-ring (bicyclic) bond motifs is 2. The van der Waals surface area contributed by atoms with Gasteiger partial charge in [0.15, 0.2) is 5.78 Å². The fraction of sp³-hybridized carbons (Fsp3) is 0.235. The number of ketones is 1. The number of hydrogen-bond acceptors (Lipinski definition) is 11. The van der Waals surface area contributed by atoms with Crippen molar-refractivity contribution in [2.75, 3.05) is 0 Å². The van der Waals surface area contributed by atoms with E-state index in [9.17, 15) is 35.2 Å². The van der Waals surface area contributed by atoms with Crippen LogP contribution in [0.15, 0.2) is 78.0 Å². The topological polar surface area (TPSA) is 201 Å². The second-order valence-electron chi connectivity index (χ2n) is 11.0. The first kappa shape index (κ1) is 37.1. The van der Waals surface area contributed by atoms with Crippen LogP contribution >= 0.6 is 12.4 Å². The van der Waals surface area contributed by atoms with Crippen molar-refractivity contribution in [3.05, 3.63) is 138 Å². The van der Waals surface area contributed by atoms with Gasteiger partial charge in [-0.15, -0.1) is 12.4 Å². The molecular formula is C34H35ClN4O9. The molecule has 0 atom stereocenters. The summed E-state index contributed by atoms with van der Waals surface area (Å²) in [6.45, 7) is 4.22. The van der Waals surface area contributed by atoms with Crippen molar-refractivity contribution in [1.82, 2.24) is 0 Å². The number of phenols is 2. The van der Waals surface area contributed by atoms with Gasteiger partial charge in [-0.1, -0.05) is 17.3 Å². The van der Waals surface area contributed by atoms with Gasteiger partial charge < -0.3 is 15.1 Å². The maximum atomic E-state index is 11.2. The van der Waals surface area contributed by atoms with E-state index in [2.05, 4.69) is 9.99 Å². The van der Waals surface area contributed by atoms with Crippen LogP contribution in [0.2, 0.25) is 0 Å². The highest BCUT2D eigenvalue weighted by molar-refractivity contribution is 6.04. The van der Waals surface area contributed by atoms with E-state index in [4.69, 9.17) is 10.7 Å². The van der Waals surface area contributed by atoms with E-state index < -0.39 is 9.85 Å². The number of Topliss-reactive ketones (excluding diaryl/α,β-unsaturated/α-hetero) is 1. The first-order valence-electron chi connectivity index (χ1n) is 14.6. The first-order valence-corrected chi connectivity index (χ1v) is 14.6. The molecule has 48 heavy (non-hydrogen) atoms. The minimum atomic E-state index is -0.451. The Bertz CT molecular complexity index is 1810. The summed E-state index contributed by atoms with van der Waals surface area (Å²) in [7, 11) is 0. The molecular weight excluding hydrogens is 644 g/mol. The number of phenolic OH excluding ortho intramolecular Hbond substituents is 2. The molecule has 0 saturated carbocycles. The normalized spacial score (nSPS) is 13.2. The van der Waals surface area contributed by atoms with Crippen LogP contribution in [0.5, 0.6) is 11.5 Å². The number of aryl methyl sites for hydroxylation is 4. The minimum absolute atomic E-state index is 0. The number of halogens is 1. The molecule has 0 spiro atoms. The quantitative estimate of drug-likeness (QED) is 0.139. The molecule has 0 heterocycles. The Labute approximate surface area is 282 Å². The van der Waals surface area contributed by atoms with E-state index in [1.54, 1.807) is 36.4 Å². The molecule has 13 nitrogen and oxygen atoms in total. The molecule has 6 rings (SSSR count). The maximum Gasteiger partial charge on any atom is 0.269 e. The Morgan fingerprint density at radius 3 is 1.69 bits per heavy atom. The SMILES string of the molecule is Cc1cc2c(cc1O)/C(=N/OCc1ccc([N+](=O)[O-])cc1)CC2.Cc1cc2c(cc1O)C(=O)CC2.Cl.NOCc1ccc([N+](=O)[O-])cc1. The van der Waals surface area contributed by atoms with Crippen LogP contribution in [-0.4, -0.2) is 31.6 Å². The van der Waals surface area contributed by atoms with Crippen molar-refractivity contribution < 1.29 is 34.5 Å². The Morgan fingerprint density at radius 1 is 0.729 bits per heavy atom. The van der Waals surface area contributed by atoms with Gasteiger partial charge >= 0.3 is 0 Å². The maximum absolute atomic E-state index is 11.2. The van der Waals surface area contributed by atoms with Crippen LogP contribution in [0.4, 0.5) is 11.4 Å². The molecule has 4 aromatic rings. The molecule has 4 N–H and O–H groups in total. The molecule has 0 bridgehead atoms. The summed E-state index contributed by atoms with van der Waals surface area (Å²) in [5, 5.41) is 44.2. The van der Waals surface area contributed by atoms with Gasteiger partial charge in [0, 0.05) is 41.8 Å². The highest BCUT2D eigenvalue weighted by atomic mass is 35.5. The van der Waals surface area contributed by atoms with E-state index in [1.807, 2.05) is 26.0 Å². The summed E-state index contributed by atoms with van der Waals surface area (Å²) >= 11 is 0. The largest absolute Gasteiger partial charge is 0.508 e. The lowest BCUT2D eigenvalue weighted by molar-refractivity contribution is -0.385.